The number of nitrogens with one attached hydrogen (secondary N) is 1. The topological polar surface area (TPSA) is 85.2 Å². The van der Waals surface area contributed by atoms with Crippen LogP contribution in [0.5, 0.6) is 5.75 Å². The minimum atomic E-state index is 0.0149. The molecule has 1 saturated heterocycles. The summed E-state index contributed by atoms with van der Waals surface area (Å²) in [6.07, 6.45) is 1.52. The maximum absolute atomic E-state index is 12.0. The van der Waals surface area contributed by atoms with Gasteiger partial charge >= 0.3 is 0 Å². The highest BCUT2D eigenvalue weighted by atomic mass is 16.5. The van der Waals surface area contributed by atoms with E-state index in [1.807, 2.05) is 17.0 Å². The number of hydrogen-bond acceptors (Lipinski definition) is 6. The molecule has 0 spiro atoms. The Morgan fingerprint density at radius 1 is 1.24 bits per heavy atom. The Kier molecular flexibility index (Phi) is 4.06. The normalized spacial score (nSPS) is 15.0. The first-order chi connectivity index (χ1) is 10.3. The molecule has 1 aromatic heterocycles. The van der Waals surface area contributed by atoms with E-state index < -0.39 is 0 Å². The van der Waals surface area contributed by atoms with Crippen LogP contribution < -0.4 is 10.1 Å². The van der Waals surface area contributed by atoms with Crippen molar-refractivity contribution in [3.05, 3.63) is 30.6 Å². The number of amides is 1. The average Bonchev–Trinajstić information content (AvgIpc) is 3.08. The minimum Gasteiger partial charge on any atom is -0.484 e. The number of nitrogens with zero attached hydrogens (tertiary/aromatic N) is 5. The van der Waals surface area contributed by atoms with Crippen molar-refractivity contribution in [1.82, 2.24) is 30.4 Å². The number of carbonyl (C=O) groups excluding carboxylic acids is 1. The summed E-state index contributed by atoms with van der Waals surface area (Å²) in [5.41, 5.74) is 0.834. The van der Waals surface area contributed by atoms with E-state index in [0.717, 1.165) is 31.9 Å². The highest BCUT2D eigenvalue weighted by molar-refractivity contribution is 5.77. The molecule has 2 aromatic rings. The molecule has 0 bridgehead atoms. The standard InChI is InChI=1S/C13H16N6O2/c20-13(18-7-5-14-6-8-18)9-21-12-3-1-11(2-4-12)19-10-15-16-17-19/h1-4,10,14H,5-9H2. The van der Waals surface area contributed by atoms with Gasteiger partial charge in [-0.05, 0) is 34.7 Å². The van der Waals surface area contributed by atoms with Crippen molar-refractivity contribution in [2.24, 2.45) is 0 Å². The molecule has 0 aliphatic carbocycles. The second kappa shape index (κ2) is 6.31. The van der Waals surface area contributed by atoms with Crippen LogP contribution in [0, 0.1) is 0 Å². The molecule has 0 radical (unpaired) electrons. The van der Waals surface area contributed by atoms with Crippen molar-refractivity contribution >= 4 is 5.91 Å². The van der Waals surface area contributed by atoms with Crippen LogP contribution in [-0.2, 0) is 4.79 Å². The molecular formula is C13H16N6O2. The first-order valence-corrected chi connectivity index (χ1v) is 6.78. The van der Waals surface area contributed by atoms with E-state index in [9.17, 15) is 4.79 Å². The first kappa shape index (κ1) is 13.5. The quantitative estimate of drug-likeness (QED) is 0.814. The van der Waals surface area contributed by atoms with Gasteiger partial charge in [-0.25, -0.2) is 4.68 Å². The van der Waals surface area contributed by atoms with Crippen LogP contribution >= 0.6 is 0 Å². The zero-order chi connectivity index (χ0) is 14.5. The van der Waals surface area contributed by atoms with Gasteiger partial charge in [-0.3, -0.25) is 4.79 Å². The number of rotatable bonds is 4. The molecular weight excluding hydrogens is 272 g/mol. The van der Waals surface area contributed by atoms with Crippen LogP contribution in [0.15, 0.2) is 30.6 Å². The Bertz CT molecular complexity index is 577. The van der Waals surface area contributed by atoms with Crippen LogP contribution in [-0.4, -0.2) is 63.8 Å². The smallest absolute Gasteiger partial charge is 0.260 e. The summed E-state index contributed by atoms with van der Waals surface area (Å²) in [5.74, 6) is 0.663. The van der Waals surface area contributed by atoms with Crippen molar-refractivity contribution in [2.45, 2.75) is 0 Å². The van der Waals surface area contributed by atoms with Crippen LogP contribution in [0.3, 0.4) is 0 Å². The lowest BCUT2D eigenvalue weighted by atomic mass is 10.3. The molecule has 110 valence electrons. The van der Waals surface area contributed by atoms with Gasteiger partial charge in [-0.2, -0.15) is 0 Å². The molecule has 3 rings (SSSR count). The molecule has 1 aliphatic heterocycles. The third-order valence-electron chi connectivity index (χ3n) is 3.28. The third kappa shape index (κ3) is 3.34. The summed E-state index contributed by atoms with van der Waals surface area (Å²) in [6.45, 7) is 3.21. The number of piperazine rings is 1. The first-order valence-electron chi connectivity index (χ1n) is 6.78. The summed E-state index contributed by atoms with van der Waals surface area (Å²) in [5, 5.41) is 14.2. The fourth-order valence-electron chi connectivity index (χ4n) is 2.13. The van der Waals surface area contributed by atoms with Crippen molar-refractivity contribution in [2.75, 3.05) is 32.8 Å². The average molecular weight is 288 g/mol. The van der Waals surface area contributed by atoms with Crippen LogP contribution in [0.2, 0.25) is 0 Å². The molecule has 0 saturated carbocycles. The van der Waals surface area contributed by atoms with Gasteiger partial charge in [0, 0.05) is 26.2 Å². The van der Waals surface area contributed by atoms with Gasteiger partial charge in [-0.15, -0.1) is 5.10 Å². The van der Waals surface area contributed by atoms with E-state index in [1.165, 1.54) is 6.33 Å². The van der Waals surface area contributed by atoms with E-state index >= 15 is 0 Å². The van der Waals surface area contributed by atoms with Gasteiger partial charge in [0.05, 0.1) is 5.69 Å². The maximum Gasteiger partial charge on any atom is 0.260 e. The Labute approximate surface area is 121 Å². The largest absolute Gasteiger partial charge is 0.484 e. The fourth-order valence-corrected chi connectivity index (χ4v) is 2.13. The minimum absolute atomic E-state index is 0.0149. The Morgan fingerprint density at radius 3 is 2.67 bits per heavy atom. The summed E-state index contributed by atoms with van der Waals surface area (Å²) in [6, 6.07) is 7.26. The molecule has 0 unspecified atom stereocenters. The Hall–Kier alpha value is -2.48. The molecule has 0 atom stereocenters. The zero-order valence-corrected chi connectivity index (χ0v) is 11.5. The fraction of sp³-hybridized carbons (Fsp3) is 0.385. The van der Waals surface area contributed by atoms with Crippen LogP contribution in [0.1, 0.15) is 0 Å². The van der Waals surface area contributed by atoms with E-state index in [-0.39, 0.29) is 12.5 Å². The number of carbonyl (C=O) groups is 1. The van der Waals surface area contributed by atoms with Gasteiger partial charge in [0.2, 0.25) is 0 Å². The summed E-state index contributed by atoms with van der Waals surface area (Å²) >= 11 is 0. The molecule has 8 nitrogen and oxygen atoms in total. The van der Waals surface area contributed by atoms with E-state index in [4.69, 9.17) is 4.74 Å². The molecule has 1 aromatic carbocycles. The van der Waals surface area contributed by atoms with Crippen molar-refractivity contribution in [3.8, 4) is 11.4 Å². The predicted molar refractivity (Wildman–Crippen MR) is 74.1 cm³/mol. The van der Waals surface area contributed by atoms with Crippen molar-refractivity contribution in [3.63, 3.8) is 0 Å². The molecule has 1 N–H and O–H groups in total. The second-order valence-corrected chi connectivity index (χ2v) is 4.67. The van der Waals surface area contributed by atoms with E-state index in [0.29, 0.717) is 5.75 Å². The number of tetrazole rings is 1. The van der Waals surface area contributed by atoms with Gasteiger partial charge in [0.25, 0.3) is 5.91 Å². The lowest BCUT2D eigenvalue weighted by molar-refractivity contribution is -0.133. The Morgan fingerprint density at radius 2 is 2.00 bits per heavy atom. The molecule has 1 amide bonds. The number of aromatic nitrogens is 4. The van der Waals surface area contributed by atoms with Crippen molar-refractivity contribution in [1.29, 1.82) is 0 Å². The SMILES string of the molecule is O=C(COc1ccc(-n2cnnn2)cc1)N1CCNCC1. The zero-order valence-electron chi connectivity index (χ0n) is 11.5. The Balaban J connectivity index is 1.54. The lowest BCUT2D eigenvalue weighted by Crippen LogP contribution is -2.47. The second-order valence-electron chi connectivity index (χ2n) is 4.67. The third-order valence-corrected chi connectivity index (χ3v) is 3.28. The molecule has 21 heavy (non-hydrogen) atoms. The monoisotopic (exact) mass is 288 g/mol. The number of ether oxygens (including phenoxy) is 1. The van der Waals surface area contributed by atoms with E-state index in [1.54, 1.807) is 16.8 Å². The lowest BCUT2D eigenvalue weighted by Gasteiger charge is -2.27. The highest BCUT2D eigenvalue weighted by Crippen LogP contribution is 2.14. The molecule has 8 heteroatoms. The summed E-state index contributed by atoms with van der Waals surface area (Å²) in [7, 11) is 0. The number of hydrogen-bond donors (Lipinski definition) is 1. The maximum atomic E-state index is 12.0. The highest BCUT2D eigenvalue weighted by Gasteiger charge is 2.16. The molecule has 1 fully saturated rings. The van der Waals surface area contributed by atoms with Gasteiger partial charge < -0.3 is 15.0 Å². The summed E-state index contributed by atoms with van der Waals surface area (Å²) < 4.78 is 7.07. The van der Waals surface area contributed by atoms with Gasteiger partial charge in [0.15, 0.2) is 6.61 Å². The van der Waals surface area contributed by atoms with Crippen molar-refractivity contribution < 1.29 is 9.53 Å². The van der Waals surface area contributed by atoms with Gasteiger partial charge in [-0.1, -0.05) is 0 Å². The summed E-state index contributed by atoms with van der Waals surface area (Å²) in [4.78, 5) is 13.8. The van der Waals surface area contributed by atoms with E-state index in [2.05, 4.69) is 20.8 Å². The van der Waals surface area contributed by atoms with Crippen LogP contribution in [0.4, 0.5) is 0 Å². The predicted octanol–water partition coefficient (Wildman–Crippen LogP) is -0.527. The molecule has 2 heterocycles. The number of benzene rings is 1. The van der Waals surface area contributed by atoms with Gasteiger partial charge in [0.1, 0.15) is 12.1 Å². The molecule has 1 aliphatic rings. The van der Waals surface area contributed by atoms with Crippen LogP contribution in [0.25, 0.3) is 5.69 Å².